The van der Waals surface area contributed by atoms with E-state index in [4.69, 9.17) is 27.9 Å². The van der Waals surface area contributed by atoms with Crippen molar-refractivity contribution >= 4 is 28.9 Å². The van der Waals surface area contributed by atoms with Crippen molar-refractivity contribution in [1.82, 2.24) is 4.98 Å². The minimum atomic E-state index is -0.431. The lowest BCUT2D eigenvalue weighted by molar-refractivity contribution is -0.385. The molecule has 0 fully saturated rings. The summed E-state index contributed by atoms with van der Waals surface area (Å²) in [6.07, 6.45) is 0. The molecule has 0 aliphatic carbocycles. The molecule has 0 spiro atoms. The van der Waals surface area contributed by atoms with Crippen molar-refractivity contribution in [2.75, 3.05) is 0 Å². The number of nitro groups is 1. The molecule has 1 aromatic carbocycles. The van der Waals surface area contributed by atoms with Crippen molar-refractivity contribution in [2.24, 2.45) is 0 Å². The lowest BCUT2D eigenvalue weighted by Gasteiger charge is -2.08. The Balaban J connectivity index is 2.11. The molecule has 0 N–H and O–H groups in total. The predicted octanol–water partition coefficient (Wildman–Crippen LogP) is 4.18. The number of hydrogen-bond acceptors (Lipinski definition) is 4. The van der Waals surface area contributed by atoms with Crippen molar-refractivity contribution in [3.63, 3.8) is 0 Å². The summed E-state index contributed by atoms with van der Waals surface area (Å²) in [6, 6.07) is 7.90. The van der Waals surface area contributed by atoms with E-state index < -0.39 is 4.92 Å². The van der Waals surface area contributed by atoms with Gasteiger partial charge in [0.2, 0.25) is 0 Å². The number of aryl methyl sites for hydroxylation is 1. The highest BCUT2D eigenvalue weighted by Crippen LogP contribution is 2.24. The van der Waals surface area contributed by atoms with Crippen LogP contribution in [0.1, 0.15) is 11.1 Å². The molecule has 0 radical (unpaired) electrons. The third-order valence-corrected chi connectivity index (χ3v) is 3.19. The number of rotatable bonds is 4. The zero-order valence-corrected chi connectivity index (χ0v) is 12.0. The molecule has 0 saturated carbocycles. The second-order valence-electron chi connectivity index (χ2n) is 4.08. The lowest BCUT2D eigenvalue weighted by atomic mass is 10.2. The summed E-state index contributed by atoms with van der Waals surface area (Å²) in [5.74, 6) is 0.527. The van der Waals surface area contributed by atoms with Gasteiger partial charge in [-0.15, -0.1) is 0 Å². The molecule has 7 heteroatoms. The van der Waals surface area contributed by atoms with E-state index in [1.807, 2.05) is 0 Å². The Bertz CT molecular complexity index is 662. The van der Waals surface area contributed by atoms with Crippen molar-refractivity contribution < 1.29 is 9.66 Å². The van der Waals surface area contributed by atoms with E-state index in [0.29, 0.717) is 22.0 Å². The second kappa shape index (κ2) is 6.07. The maximum atomic E-state index is 10.7. The highest BCUT2D eigenvalue weighted by molar-refractivity contribution is 6.32. The van der Waals surface area contributed by atoms with Crippen LogP contribution in [-0.4, -0.2) is 9.91 Å². The first-order valence-corrected chi connectivity index (χ1v) is 6.41. The number of pyridine rings is 1. The third-order valence-electron chi connectivity index (χ3n) is 2.65. The highest BCUT2D eigenvalue weighted by atomic mass is 35.5. The van der Waals surface area contributed by atoms with E-state index in [2.05, 4.69) is 4.98 Å². The van der Waals surface area contributed by atoms with E-state index in [1.54, 1.807) is 31.2 Å². The van der Waals surface area contributed by atoms with Gasteiger partial charge in [0.05, 0.1) is 4.92 Å². The molecule has 0 bridgehead atoms. The smallest absolute Gasteiger partial charge is 0.272 e. The first kappa shape index (κ1) is 14.6. The zero-order valence-electron chi connectivity index (χ0n) is 10.5. The zero-order chi connectivity index (χ0) is 14.7. The molecule has 0 amide bonds. The second-order valence-corrected chi connectivity index (χ2v) is 4.82. The molecule has 2 aromatic rings. The van der Waals surface area contributed by atoms with Crippen LogP contribution < -0.4 is 4.74 Å². The van der Waals surface area contributed by atoms with Gasteiger partial charge in [-0.25, -0.2) is 4.98 Å². The van der Waals surface area contributed by atoms with Crippen LogP contribution in [0.4, 0.5) is 5.69 Å². The van der Waals surface area contributed by atoms with Crippen molar-refractivity contribution in [3.8, 4) is 5.75 Å². The Labute approximate surface area is 125 Å². The van der Waals surface area contributed by atoms with E-state index in [-0.39, 0.29) is 17.4 Å². The van der Waals surface area contributed by atoms with Gasteiger partial charge in [0.25, 0.3) is 5.69 Å². The van der Waals surface area contributed by atoms with Gasteiger partial charge in [-0.2, -0.15) is 0 Å². The minimum Gasteiger partial charge on any atom is -0.489 e. The molecule has 0 aliphatic rings. The van der Waals surface area contributed by atoms with Gasteiger partial charge in [-0.3, -0.25) is 10.1 Å². The van der Waals surface area contributed by atoms with Gasteiger partial charge < -0.3 is 4.74 Å². The number of aromatic nitrogens is 1. The number of nitrogens with zero attached hydrogens (tertiary/aromatic N) is 2. The first-order chi connectivity index (χ1) is 9.47. The predicted molar refractivity (Wildman–Crippen MR) is 76.4 cm³/mol. The Morgan fingerprint density at radius 3 is 2.65 bits per heavy atom. The topological polar surface area (TPSA) is 65.3 Å². The normalized spacial score (nSPS) is 10.3. The van der Waals surface area contributed by atoms with Crippen LogP contribution in [0.15, 0.2) is 30.3 Å². The number of ether oxygens (including phenoxy) is 1. The Morgan fingerprint density at radius 2 is 2.05 bits per heavy atom. The van der Waals surface area contributed by atoms with E-state index in [0.717, 1.165) is 0 Å². The molecule has 104 valence electrons. The maximum Gasteiger partial charge on any atom is 0.272 e. The van der Waals surface area contributed by atoms with Crippen LogP contribution in [0.2, 0.25) is 10.3 Å². The summed E-state index contributed by atoms with van der Waals surface area (Å²) in [6.45, 7) is 1.86. The molecule has 2 rings (SSSR count). The fourth-order valence-corrected chi connectivity index (χ4v) is 2.03. The summed E-state index contributed by atoms with van der Waals surface area (Å²) in [5.41, 5.74) is 1.28. The van der Waals surface area contributed by atoms with Crippen LogP contribution in [0.25, 0.3) is 0 Å². The molecule has 1 heterocycles. The minimum absolute atomic E-state index is 0.0588. The molecule has 0 unspecified atom stereocenters. The lowest BCUT2D eigenvalue weighted by Crippen LogP contribution is -1.99. The van der Waals surface area contributed by atoms with Crippen LogP contribution in [-0.2, 0) is 6.61 Å². The summed E-state index contributed by atoms with van der Waals surface area (Å²) in [7, 11) is 0. The number of benzene rings is 1. The van der Waals surface area contributed by atoms with Gasteiger partial charge in [-0.05, 0) is 31.2 Å². The molecule has 0 aliphatic heterocycles. The van der Waals surface area contributed by atoms with Gasteiger partial charge in [0.15, 0.2) is 0 Å². The van der Waals surface area contributed by atoms with Crippen molar-refractivity contribution in [2.45, 2.75) is 13.5 Å². The van der Waals surface area contributed by atoms with Crippen molar-refractivity contribution in [3.05, 3.63) is 61.9 Å². The standard InChI is InChI=1S/C13H10Cl2N2O3/c1-8-6-10(3-4-11(8)17(18)19)20-7-9-2-5-12(14)16-13(9)15/h2-6H,7H2,1H3. The summed E-state index contributed by atoms with van der Waals surface area (Å²) >= 11 is 11.6. The molecule has 0 saturated heterocycles. The summed E-state index contributed by atoms with van der Waals surface area (Å²) in [5, 5.41) is 11.3. The summed E-state index contributed by atoms with van der Waals surface area (Å²) in [4.78, 5) is 14.2. The van der Waals surface area contributed by atoms with E-state index in [1.165, 1.54) is 6.07 Å². The molecule has 0 atom stereocenters. The molecular formula is C13H10Cl2N2O3. The van der Waals surface area contributed by atoms with Gasteiger partial charge >= 0.3 is 0 Å². The Hall–Kier alpha value is -1.85. The average Bonchev–Trinajstić information content (AvgIpc) is 2.37. The van der Waals surface area contributed by atoms with Gasteiger partial charge in [-0.1, -0.05) is 23.2 Å². The van der Waals surface area contributed by atoms with Crippen LogP contribution >= 0.6 is 23.2 Å². The molecule has 20 heavy (non-hydrogen) atoms. The number of hydrogen-bond donors (Lipinski definition) is 0. The fourth-order valence-electron chi connectivity index (χ4n) is 1.63. The molecule has 5 nitrogen and oxygen atoms in total. The Kier molecular flexibility index (Phi) is 4.42. The van der Waals surface area contributed by atoms with Gasteiger partial charge in [0, 0.05) is 17.2 Å². The monoisotopic (exact) mass is 312 g/mol. The average molecular weight is 313 g/mol. The van der Waals surface area contributed by atoms with Gasteiger partial charge in [0.1, 0.15) is 22.7 Å². The number of nitro benzene ring substituents is 1. The number of halogens is 2. The first-order valence-electron chi connectivity index (χ1n) is 5.66. The van der Waals surface area contributed by atoms with Crippen LogP contribution in [0, 0.1) is 17.0 Å². The van der Waals surface area contributed by atoms with Crippen LogP contribution in [0.3, 0.4) is 0 Å². The van der Waals surface area contributed by atoms with E-state index >= 15 is 0 Å². The molecule has 1 aromatic heterocycles. The largest absolute Gasteiger partial charge is 0.489 e. The van der Waals surface area contributed by atoms with Crippen molar-refractivity contribution in [1.29, 1.82) is 0 Å². The SMILES string of the molecule is Cc1cc(OCc2ccc(Cl)nc2Cl)ccc1[N+](=O)[O-]. The van der Waals surface area contributed by atoms with Crippen LogP contribution in [0.5, 0.6) is 5.75 Å². The van der Waals surface area contributed by atoms with E-state index in [9.17, 15) is 10.1 Å². The molecular weight excluding hydrogens is 303 g/mol. The summed E-state index contributed by atoms with van der Waals surface area (Å²) < 4.78 is 5.54. The fraction of sp³-hybridized carbons (Fsp3) is 0.154. The maximum absolute atomic E-state index is 10.7. The Morgan fingerprint density at radius 1 is 1.30 bits per heavy atom. The highest BCUT2D eigenvalue weighted by Gasteiger charge is 2.11. The quantitative estimate of drug-likeness (QED) is 0.482. The third kappa shape index (κ3) is 3.37.